The molecule has 2 heteroatoms. The van der Waals surface area contributed by atoms with Crippen molar-refractivity contribution in [1.29, 1.82) is 0 Å². The molecule has 0 spiro atoms. The molecule has 0 aliphatic carbocycles. The van der Waals surface area contributed by atoms with Gasteiger partial charge in [0, 0.05) is 0 Å². The number of benzene rings is 1. The Morgan fingerprint density at radius 3 is 2.36 bits per heavy atom. The van der Waals surface area contributed by atoms with E-state index in [0.717, 1.165) is 18.8 Å². The van der Waals surface area contributed by atoms with E-state index < -0.39 is 0 Å². The molecule has 1 aromatic carbocycles. The summed E-state index contributed by atoms with van der Waals surface area (Å²) in [5.74, 6) is 0.687. The monoisotopic (exact) mass is 186 g/mol. The highest BCUT2D eigenvalue weighted by Gasteiger charge is 2.24. The number of hydrogen-bond acceptors (Lipinski definition) is 1. The summed E-state index contributed by atoms with van der Waals surface area (Å²) in [4.78, 5) is 10.6. The van der Waals surface area contributed by atoms with Crippen LogP contribution in [0, 0.1) is 0 Å². The normalized spacial score (nSPS) is 18.1. The fraction of sp³-hybridized carbons (Fsp3) is 0.417. The van der Waals surface area contributed by atoms with Crippen LogP contribution in [0.2, 0.25) is 12.6 Å². The SMILES string of the molecule is O=CB1CCC(c2ccccc2)CC1. The highest BCUT2D eigenvalue weighted by atomic mass is 16.1. The van der Waals surface area contributed by atoms with Gasteiger partial charge in [-0.15, -0.1) is 0 Å². The second-order valence-corrected chi connectivity index (χ2v) is 4.16. The Hall–Kier alpha value is -1.05. The molecule has 14 heavy (non-hydrogen) atoms. The number of carbonyl (C=O) groups excluding carboxylic acids is 1. The Labute approximate surface area is 85.6 Å². The van der Waals surface area contributed by atoms with E-state index in [4.69, 9.17) is 0 Å². The average Bonchev–Trinajstić information content (AvgIpc) is 2.30. The van der Waals surface area contributed by atoms with Crippen LogP contribution in [0.25, 0.3) is 0 Å². The summed E-state index contributed by atoms with van der Waals surface area (Å²) in [6, 6.07) is 10.7. The first-order valence-corrected chi connectivity index (χ1v) is 5.40. The van der Waals surface area contributed by atoms with Crippen molar-refractivity contribution < 1.29 is 4.79 Å². The van der Waals surface area contributed by atoms with Crippen molar-refractivity contribution in [2.45, 2.75) is 31.4 Å². The summed E-state index contributed by atoms with van der Waals surface area (Å²) < 4.78 is 0. The van der Waals surface area contributed by atoms with Crippen molar-refractivity contribution in [2.24, 2.45) is 0 Å². The Morgan fingerprint density at radius 2 is 1.79 bits per heavy atom. The van der Waals surface area contributed by atoms with Gasteiger partial charge < -0.3 is 4.79 Å². The predicted molar refractivity (Wildman–Crippen MR) is 60.5 cm³/mol. The van der Waals surface area contributed by atoms with E-state index in [1.165, 1.54) is 18.4 Å². The second kappa shape index (κ2) is 4.45. The lowest BCUT2D eigenvalue weighted by Crippen LogP contribution is -2.21. The van der Waals surface area contributed by atoms with E-state index in [2.05, 4.69) is 30.3 Å². The Kier molecular flexibility index (Phi) is 3.02. The molecule has 1 aliphatic heterocycles. The van der Waals surface area contributed by atoms with Crippen molar-refractivity contribution in [2.75, 3.05) is 0 Å². The van der Waals surface area contributed by atoms with Crippen LogP contribution in [-0.2, 0) is 4.79 Å². The minimum atomic E-state index is 0.329. The van der Waals surface area contributed by atoms with Crippen LogP contribution >= 0.6 is 0 Å². The fourth-order valence-corrected chi connectivity index (χ4v) is 2.31. The van der Waals surface area contributed by atoms with E-state index in [-0.39, 0.29) is 0 Å². The van der Waals surface area contributed by atoms with Crippen molar-refractivity contribution in [3.05, 3.63) is 35.9 Å². The first-order valence-electron chi connectivity index (χ1n) is 5.40. The topological polar surface area (TPSA) is 17.1 Å². The van der Waals surface area contributed by atoms with Crippen LogP contribution in [-0.4, -0.2) is 12.9 Å². The Morgan fingerprint density at radius 1 is 1.14 bits per heavy atom. The first-order chi connectivity index (χ1) is 6.90. The molecule has 1 nitrogen and oxygen atoms in total. The molecule has 1 saturated heterocycles. The molecule has 1 heterocycles. The summed E-state index contributed by atoms with van der Waals surface area (Å²) in [6.45, 7) is 0.329. The highest BCUT2D eigenvalue weighted by Crippen LogP contribution is 2.32. The molecule has 0 amide bonds. The van der Waals surface area contributed by atoms with Crippen LogP contribution in [0.4, 0.5) is 0 Å². The lowest BCUT2D eigenvalue weighted by Gasteiger charge is -2.23. The fourth-order valence-electron chi connectivity index (χ4n) is 2.31. The van der Waals surface area contributed by atoms with E-state index in [0.29, 0.717) is 12.6 Å². The van der Waals surface area contributed by atoms with Gasteiger partial charge in [-0.3, -0.25) is 0 Å². The third-order valence-corrected chi connectivity index (χ3v) is 3.24. The minimum absolute atomic E-state index is 0.329. The van der Waals surface area contributed by atoms with E-state index in [1.54, 1.807) is 0 Å². The van der Waals surface area contributed by atoms with Crippen molar-refractivity contribution in [1.82, 2.24) is 0 Å². The van der Waals surface area contributed by atoms with Gasteiger partial charge in [0.2, 0.25) is 6.71 Å². The summed E-state index contributed by atoms with van der Waals surface area (Å²) in [5, 5.41) is 0. The molecule has 0 N–H and O–H groups in total. The van der Waals surface area contributed by atoms with Gasteiger partial charge in [0.15, 0.2) is 0 Å². The van der Waals surface area contributed by atoms with Gasteiger partial charge in [-0.2, -0.15) is 0 Å². The minimum Gasteiger partial charge on any atom is -0.315 e. The quantitative estimate of drug-likeness (QED) is 0.512. The van der Waals surface area contributed by atoms with Crippen LogP contribution in [0.1, 0.15) is 24.3 Å². The molecule has 72 valence electrons. The smallest absolute Gasteiger partial charge is 0.219 e. The van der Waals surface area contributed by atoms with Gasteiger partial charge >= 0.3 is 0 Å². The van der Waals surface area contributed by atoms with E-state index >= 15 is 0 Å². The molecular formula is C12H15BO. The average molecular weight is 186 g/mol. The zero-order valence-corrected chi connectivity index (χ0v) is 8.36. The standard InChI is InChI=1S/C12H15BO/c14-10-13-8-6-12(7-9-13)11-4-2-1-3-5-11/h1-5,10,12H,6-9H2. The third kappa shape index (κ3) is 2.06. The van der Waals surface area contributed by atoms with Gasteiger partial charge in [-0.25, -0.2) is 0 Å². The lowest BCUT2D eigenvalue weighted by molar-refractivity contribution is 0.562. The summed E-state index contributed by atoms with van der Waals surface area (Å²) in [7, 11) is 0. The Balaban J connectivity index is 1.99. The second-order valence-electron chi connectivity index (χ2n) is 4.16. The molecule has 0 radical (unpaired) electrons. The van der Waals surface area contributed by atoms with Gasteiger partial charge in [0.05, 0.1) is 6.19 Å². The summed E-state index contributed by atoms with van der Waals surface area (Å²) in [5.41, 5.74) is 1.44. The lowest BCUT2D eigenvalue weighted by atomic mass is 9.41. The third-order valence-electron chi connectivity index (χ3n) is 3.24. The van der Waals surface area contributed by atoms with Gasteiger partial charge in [0.1, 0.15) is 0 Å². The maximum atomic E-state index is 10.6. The zero-order valence-electron chi connectivity index (χ0n) is 8.36. The molecule has 1 aromatic rings. The van der Waals surface area contributed by atoms with E-state index in [1.807, 2.05) is 0 Å². The number of hydrogen-bond donors (Lipinski definition) is 0. The largest absolute Gasteiger partial charge is 0.315 e. The van der Waals surface area contributed by atoms with Crippen molar-refractivity contribution in [3.63, 3.8) is 0 Å². The van der Waals surface area contributed by atoms with E-state index in [9.17, 15) is 4.79 Å². The number of carbonyl (C=O) groups is 1. The maximum Gasteiger partial charge on any atom is 0.219 e. The van der Waals surface area contributed by atoms with Crippen LogP contribution in [0.5, 0.6) is 0 Å². The van der Waals surface area contributed by atoms with Crippen LogP contribution in [0.15, 0.2) is 30.3 Å². The molecule has 0 bridgehead atoms. The molecule has 0 atom stereocenters. The van der Waals surface area contributed by atoms with Crippen LogP contribution in [0.3, 0.4) is 0 Å². The molecule has 0 saturated carbocycles. The number of rotatable bonds is 2. The Bertz CT molecular complexity index is 288. The molecule has 0 unspecified atom stereocenters. The van der Waals surface area contributed by atoms with Crippen molar-refractivity contribution >= 4 is 12.9 Å². The van der Waals surface area contributed by atoms with Crippen molar-refractivity contribution in [3.8, 4) is 0 Å². The summed E-state index contributed by atoms with van der Waals surface area (Å²) in [6.07, 6.45) is 5.62. The van der Waals surface area contributed by atoms with Crippen LogP contribution < -0.4 is 0 Å². The molecular weight excluding hydrogens is 171 g/mol. The van der Waals surface area contributed by atoms with Gasteiger partial charge in [-0.05, 0) is 11.5 Å². The molecule has 1 fully saturated rings. The molecule has 1 aliphatic rings. The first kappa shape index (κ1) is 9.51. The highest BCUT2D eigenvalue weighted by molar-refractivity contribution is 6.84. The maximum absolute atomic E-state index is 10.6. The predicted octanol–water partition coefficient (Wildman–Crippen LogP) is 2.83. The zero-order chi connectivity index (χ0) is 9.80. The molecule has 0 aromatic heterocycles. The van der Waals surface area contributed by atoms with Gasteiger partial charge in [0.25, 0.3) is 0 Å². The summed E-state index contributed by atoms with van der Waals surface area (Å²) >= 11 is 0. The van der Waals surface area contributed by atoms with Gasteiger partial charge in [-0.1, -0.05) is 55.8 Å². The molecule has 2 rings (SSSR count).